The largest absolute Gasteiger partial charge is 0.351 e. The fourth-order valence-electron chi connectivity index (χ4n) is 2.42. The molecule has 3 nitrogen and oxygen atoms in total. The molecule has 0 aliphatic rings. The molecular weight excluding hydrogens is 260 g/mol. The van der Waals surface area contributed by atoms with Gasteiger partial charge in [-0.1, -0.05) is 24.3 Å². The highest BCUT2D eigenvalue weighted by atomic mass is 16.1. The summed E-state index contributed by atoms with van der Waals surface area (Å²) in [5.41, 5.74) is 5.78. The number of hydrogen-bond donors (Lipinski definition) is 2. The van der Waals surface area contributed by atoms with Crippen LogP contribution in [-0.2, 0) is 0 Å². The number of benzene rings is 2. The number of aromatic amines is 1. The topological polar surface area (TPSA) is 44.9 Å². The van der Waals surface area contributed by atoms with Gasteiger partial charge in [0.25, 0.3) is 5.91 Å². The van der Waals surface area contributed by atoms with Crippen molar-refractivity contribution in [3.05, 3.63) is 64.8 Å². The smallest absolute Gasteiger partial charge is 0.272 e. The number of rotatable bonds is 2. The summed E-state index contributed by atoms with van der Waals surface area (Å²) < 4.78 is 0. The van der Waals surface area contributed by atoms with E-state index in [1.807, 2.05) is 63.2 Å². The van der Waals surface area contributed by atoms with E-state index < -0.39 is 0 Å². The van der Waals surface area contributed by atoms with Crippen LogP contribution in [0, 0.1) is 20.8 Å². The molecule has 0 aliphatic carbocycles. The van der Waals surface area contributed by atoms with Crippen LogP contribution in [0.2, 0.25) is 0 Å². The lowest BCUT2D eigenvalue weighted by atomic mass is 10.1. The molecule has 0 bridgehead atoms. The third-order valence-electron chi connectivity index (χ3n) is 3.66. The predicted molar refractivity (Wildman–Crippen MR) is 86.9 cm³/mol. The Labute approximate surface area is 124 Å². The van der Waals surface area contributed by atoms with Crippen LogP contribution in [0.15, 0.2) is 42.5 Å². The Morgan fingerprint density at radius 3 is 2.48 bits per heavy atom. The Bertz CT molecular complexity index is 830. The van der Waals surface area contributed by atoms with Gasteiger partial charge in [0.05, 0.1) is 0 Å². The van der Waals surface area contributed by atoms with Crippen LogP contribution in [0.25, 0.3) is 10.9 Å². The molecule has 106 valence electrons. The monoisotopic (exact) mass is 278 g/mol. The zero-order valence-corrected chi connectivity index (χ0v) is 12.4. The molecule has 21 heavy (non-hydrogen) atoms. The highest BCUT2D eigenvalue weighted by molar-refractivity contribution is 6.06. The van der Waals surface area contributed by atoms with Crippen LogP contribution in [0.5, 0.6) is 0 Å². The molecule has 0 saturated carbocycles. The summed E-state index contributed by atoms with van der Waals surface area (Å²) in [6.45, 7) is 6.04. The van der Waals surface area contributed by atoms with E-state index in [4.69, 9.17) is 0 Å². The lowest BCUT2D eigenvalue weighted by molar-refractivity contribution is 0.102. The number of H-pyrrole nitrogens is 1. The maximum atomic E-state index is 12.4. The zero-order chi connectivity index (χ0) is 15.0. The molecule has 3 heteroatoms. The van der Waals surface area contributed by atoms with E-state index in [1.54, 1.807) is 0 Å². The Balaban J connectivity index is 1.91. The molecule has 3 rings (SSSR count). The van der Waals surface area contributed by atoms with Crippen LogP contribution in [0.4, 0.5) is 5.69 Å². The van der Waals surface area contributed by atoms with Gasteiger partial charge in [-0.2, -0.15) is 0 Å². The van der Waals surface area contributed by atoms with E-state index >= 15 is 0 Å². The fourth-order valence-corrected chi connectivity index (χ4v) is 2.42. The van der Waals surface area contributed by atoms with E-state index in [-0.39, 0.29) is 5.91 Å². The van der Waals surface area contributed by atoms with Gasteiger partial charge in [-0.25, -0.2) is 0 Å². The third-order valence-corrected chi connectivity index (χ3v) is 3.66. The normalized spacial score (nSPS) is 10.8. The number of amides is 1. The number of carbonyl (C=O) groups is 1. The van der Waals surface area contributed by atoms with Crippen LogP contribution in [-0.4, -0.2) is 10.9 Å². The molecule has 0 atom stereocenters. The van der Waals surface area contributed by atoms with Crippen LogP contribution >= 0.6 is 0 Å². The molecule has 0 aliphatic heterocycles. The van der Waals surface area contributed by atoms with Crippen molar-refractivity contribution in [3.8, 4) is 0 Å². The molecule has 0 fully saturated rings. The SMILES string of the molecule is Cc1ccc(C)c(NC(=O)c2cc3ccc(C)cc3[nH]2)c1. The number of aromatic nitrogens is 1. The molecule has 1 amide bonds. The average molecular weight is 278 g/mol. The lowest BCUT2D eigenvalue weighted by Gasteiger charge is -2.08. The minimum absolute atomic E-state index is 0.113. The van der Waals surface area contributed by atoms with Crippen molar-refractivity contribution in [1.82, 2.24) is 4.98 Å². The Kier molecular flexibility index (Phi) is 3.26. The van der Waals surface area contributed by atoms with Gasteiger partial charge < -0.3 is 10.3 Å². The van der Waals surface area contributed by atoms with Gasteiger partial charge in [0.15, 0.2) is 0 Å². The summed E-state index contributed by atoms with van der Waals surface area (Å²) in [6.07, 6.45) is 0. The van der Waals surface area contributed by atoms with E-state index in [9.17, 15) is 4.79 Å². The van der Waals surface area contributed by atoms with Crippen molar-refractivity contribution in [1.29, 1.82) is 0 Å². The number of nitrogens with one attached hydrogen (secondary N) is 2. The van der Waals surface area contributed by atoms with Crippen molar-refractivity contribution in [2.45, 2.75) is 20.8 Å². The molecule has 0 radical (unpaired) electrons. The van der Waals surface area contributed by atoms with Gasteiger partial charge in [0, 0.05) is 16.6 Å². The average Bonchev–Trinajstić information content (AvgIpc) is 2.86. The summed E-state index contributed by atoms with van der Waals surface area (Å²) in [6, 6.07) is 14.0. The number of carbonyl (C=O) groups excluding carboxylic acids is 1. The van der Waals surface area contributed by atoms with E-state index in [0.29, 0.717) is 5.69 Å². The number of anilines is 1. The van der Waals surface area contributed by atoms with Crippen LogP contribution in [0.1, 0.15) is 27.2 Å². The number of aryl methyl sites for hydroxylation is 3. The van der Waals surface area contributed by atoms with Crippen molar-refractivity contribution in [2.75, 3.05) is 5.32 Å². The lowest BCUT2D eigenvalue weighted by Crippen LogP contribution is -2.13. The van der Waals surface area contributed by atoms with Gasteiger partial charge in [-0.3, -0.25) is 4.79 Å². The Morgan fingerprint density at radius 2 is 1.67 bits per heavy atom. The minimum atomic E-state index is -0.113. The second kappa shape index (κ2) is 5.09. The summed E-state index contributed by atoms with van der Waals surface area (Å²) in [7, 11) is 0. The molecule has 1 heterocycles. The molecular formula is C18H18N2O. The van der Waals surface area contributed by atoms with Crippen molar-refractivity contribution < 1.29 is 4.79 Å². The molecule has 0 unspecified atom stereocenters. The highest BCUT2D eigenvalue weighted by Crippen LogP contribution is 2.20. The van der Waals surface area contributed by atoms with Crippen molar-refractivity contribution in [3.63, 3.8) is 0 Å². The highest BCUT2D eigenvalue weighted by Gasteiger charge is 2.11. The first-order chi connectivity index (χ1) is 10.0. The van der Waals surface area contributed by atoms with E-state index in [1.165, 1.54) is 5.56 Å². The second-order valence-corrected chi connectivity index (χ2v) is 5.55. The number of hydrogen-bond acceptors (Lipinski definition) is 1. The van der Waals surface area contributed by atoms with Crippen LogP contribution in [0.3, 0.4) is 0 Å². The fraction of sp³-hybridized carbons (Fsp3) is 0.167. The molecule has 0 spiro atoms. The Hall–Kier alpha value is -2.55. The minimum Gasteiger partial charge on any atom is -0.351 e. The molecule has 2 aromatic carbocycles. The van der Waals surface area contributed by atoms with E-state index in [2.05, 4.69) is 10.3 Å². The van der Waals surface area contributed by atoms with Gasteiger partial charge in [-0.15, -0.1) is 0 Å². The van der Waals surface area contributed by atoms with Crippen LogP contribution < -0.4 is 5.32 Å². The quantitative estimate of drug-likeness (QED) is 0.719. The number of fused-ring (bicyclic) bond motifs is 1. The maximum Gasteiger partial charge on any atom is 0.272 e. The molecule has 0 saturated heterocycles. The second-order valence-electron chi connectivity index (χ2n) is 5.55. The first-order valence-corrected chi connectivity index (χ1v) is 7.01. The van der Waals surface area contributed by atoms with Gasteiger partial charge in [0.2, 0.25) is 0 Å². The molecule has 2 N–H and O–H groups in total. The van der Waals surface area contributed by atoms with Gasteiger partial charge >= 0.3 is 0 Å². The summed E-state index contributed by atoms with van der Waals surface area (Å²) in [4.78, 5) is 15.6. The third kappa shape index (κ3) is 2.68. The maximum absolute atomic E-state index is 12.4. The molecule has 3 aromatic rings. The van der Waals surface area contributed by atoms with Crippen molar-refractivity contribution >= 4 is 22.5 Å². The first kappa shape index (κ1) is 13.4. The zero-order valence-electron chi connectivity index (χ0n) is 12.4. The molecule has 1 aromatic heterocycles. The summed E-state index contributed by atoms with van der Waals surface area (Å²) >= 11 is 0. The summed E-state index contributed by atoms with van der Waals surface area (Å²) in [5.74, 6) is -0.113. The Morgan fingerprint density at radius 1 is 0.952 bits per heavy atom. The van der Waals surface area contributed by atoms with E-state index in [0.717, 1.165) is 27.7 Å². The first-order valence-electron chi connectivity index (χ1n) is 7.01. The summed E-state index contributed by atoms with van der Waals surface area (Å²) in [5, 5.41) is 4.02. The van der Waals surface area contributed by atoms with Gasteiger partial charge in [0.1, 0.15) is 5.69 Å². The standard InChI is InChI=1S/C18H18N2O/c1-11-4-6-13(3)15(8-11)20-18(21)17-10-14-7-5-12(2)9-16(14)19-17/h4-10,19H,1-3H3,(H,20,21). The predicted octanol–water partition coefficient (Wildman–Crippen LogP) is 4.35. The van der Waals surface area contributed by atoms with Gasteiger partial charge in [-0.05, 0) is 55.7 Å². The van der Waals surface area contributed by atoms with Crippen molar-refractivity contribution in [2.24, 2.45) is 0 Å².